The third kappa shape index (κ3) is 2.67. The van der Waals surface area contributed by atoms with Gasteiger partial charge in [-0.3, -0.25) is 4.57 Å². The van der Waals surface area contributed by atoms with Crippen LogP contribution in [0.25, 0.3) is 0 Å². The van der Waals surface area contributed by atoms with Crippen molar-refractivity contribution < 1.29 is 13.6 Å². The quantitative estimate of drug-likeness (QED) is 0.734. The molecule has 0 spiro atoms. The zero-order valence-electron chi connectivity index (χ0n) is 9.21. The molecule has 86 valence electrons. The molecule has 0 aliphatic heterocycles. The summed E-state index contributed by atoms with van der Waals surface area (Å²) in [6.45, 7) is 3.93. The maximum Gasteiger partial charge on any atom is 0.364 e. The molecule has 0 radical (unpaired) electrons. The molecule has 5 nitrogen and oxygen atoms in total. The van der Waals surface area contributed by atoms with Crippen LogP contribution in [0.15, 0.2) is 18.3 Å². The van der Waals surface area contributed by atoms with Gasteiger partial charge in [0.1, 0.15) is 11.4 Å². The monoisotopic (exact) mass is 240 g/mol. The van der Waals surface area contributed by atoms with Gasteiger partial charge in [-0.05, 0) is 26.0 Å². The van der Waals surface area contributed by atoms with Crippen molar-refractivity contribution in [2.45, 2.75) is 13.8 Å². The largest absolute Gasteiger partial charge is 0.364 e. The first-order chi connectivity index (χ1) is 7.68. The summed E-state index contributed by atoms with van der Waals surface area (Å²) < 4.78 is 22.6. The number of aromatic nitrogens is 1. The van der Waals surface area contributed by atoms with Crippen molar-refractivity contribution in [2.75, 3.05) is 13.2 Å². The number of hydrogen-bond donors (Lipinski definition) is 0. The Hall–Kier alpha value is -1.21. The number of rotatable bonds is 5. The predicted molar refractivity (Wildman–Crippen MR) is 59.4 cm³/mol. The summed E-state index contributed by atoms with van der Waals surface area (Å²) in [5, 5.41) is 9.10. The summed E-state index contributed by atoms with van der Waals surface area (Å²) in [6, 6.07) is 5.01. The Morgan fingerprint density at radius 1 is 1.44 bits per heavy atom. The molecule has 0 amide bonds. The fourth-order valence-electron chi connectivity index (χ4n) is 1.22. The Balaban J connectivity index is 3.21. The highest BCUT2D eigenvalue weighted by Crippen LogP contribution is 2.47. The van der Waals surface area contributed by atoms with Gasteiger partial charge in [0.25, 0.3) is 0 Å². The molecular weight excluding hydrogens is 227 g/mol. The van der Waals surface area contributed by atoms with Crippen LogP contribution in [0.5, 0.6) is 0 Å². The Kier molecular flexibility index (Phi) is 4.63. The molecule has 1 aromatic rings. The molecule has 0 unspecified atom stereocenters. The summed E-state index contributed by atoms with van der Waals surface area (Å²) in [6.07, 6.45) is 1.46. The van der Waals surface area contributed by atoms with Gasteiger partial charge >= 0.3 is 7.60 Å². The van der Waals surface area contributed by atoms with Crippen LogP contribution in [-0.4, -0.2) is 18.2 Å². The number of nitriles is 1. The third-order valence-corrected chi connectivity index (χ3v) is 3.93. The van der Waals surface area contributed by atoms with E-state index in [0.29, 0.717) is 0 Å². The minimum absolute atomic E-state index is 0.0766. The summed E-state index contributed by atoms with van der Waals surface area (Å²) >= 11 is 0. The zero-order chi connectivity index (χ0) is 12.0. The second kappa shape index (κ2) is 5.76. The van der Waals surface area contributed by atoms with E-state index in [-0.39, 0.29) is 24.2 Å². The van der Waals surface area contributed by atoms with Crippen LogP contribution in [0.3, 0.4) is 0 Å². The van der Waals surface area contributed by atoms with Gasteiger partial charge in [-0.1, -0.05) is 0 Å². The van der Waals surface area contributed by atoms with Gasteiger partial charge in [-0.25, -0.2) is 4.98 Å². The first kappa shape index (κ1) is 12.9. The van der Waals surface area contributed by atoms with E-state index < -0.39 is 7.60 Å². The van der Waals surface area contributed by atoms with Crippen molar-refractivity contribution in [3.63, 3.8) is 0 Å². The average Bonchev–Trinajstić information content (AvgIpc) is 2.29. The van der Waals surface area contributed by atoms with Crippen LogP contribution >= 0.6 is 7.60 Å². The van der Waals surface area contributed by atoms with Crippen molar-refractivity contribution in [3.05, 3.63) is 24.0 Å². The van der Waals surface area contributed by atoms with Crippen LogP contribution in [0.2, 0.25) is 0 Å². The first-order valence-electron chi connectivity index (χ1n) is 4.92. The molecule has 0 saturated carbocycles. The van der Waals surface area contributed by atoms with Gasteiger partial charge in [0, 0.05) is 6.20 Å². The fourth-order valence-corrected chi connectivity index (χ4v) is 2.89. The van der Waals surface area contributed by atoms with E-state index in [1.807, 2.05) is 6.07 Å². The van der Waals surface area contributed by atoms with Gasteiger partial charge < -0.3 is 9.05 Å². The van der Waals surface area contributed by atoms with Crippen molar-refractivity contribution >= 4 is 12.9 Å². The van der Waals surface area contributed by atoms with E-state index in [9.17, 15) is 4.57 Å². The molecule has 6 heteroatoms. The number of nitrogens with zero attached hydrogens (tertiary/aromatic N) is 2. The maximum atomic E-state index is 12.4. The second-order valence-corrected chi connectivity index (χ2v) is 4.81. The summed E-state index contributed by atoms with van der Waals surface area (Å²) in [5.74, 6) is 0. The Morgan fingerprint density at radius 2 is 2.06 bits per heavy atom. The topological polar surface area (TPSA) is 72.2 Å². The minimum atomic E-state index is -3.41. The highest BCUT2D eigenvalue weighted by Gasteiger charge is 2.30. The molecular formula is C10H13N2O3P. The molecule has 16 heavy (non-hydrogen) atoms. The first-order valence-corrected chi connectivity index (χ1v) is 6.47. The molecule has 0 aromatic carbocycles. The summed E-state index contributed by atoms with van der Waals surface area (Å²) in [7, 11) is -3.41. The van der Waals surface area contributed by atoms with Crippen LogP contribution in [-0.2, 0) is 13.6 Å². The van der Waals surface area contributed by atoms with E-state index in [4.69, 9.17) is 14.3 Å². The van der Waals surface area contributed by atoms with E-state index in [2.05, 4.69) is 4.98 Å². The highest BCUT2D eigenvalue weighted by molar-refractivity contribution is 7.62. The fraction of sp³-hybridized carbons (Fsp3) is 0.400. The molecule has 1 heterocycles. The van der Waals surface area contributed by atoms with Crippen LogP contribution < -0.4 is 5.30 Å². The van der Waals surface area contributed by atoms with Gasteiger partial charge in [-0.2, -0.15) is 5.26 Å². The molecule has 0 aliphatic carbocycles. The maximum absolute atomic E-state index is 12.4. The van der Waals surface area contributed by atoms with Crippen LogP contribution in [0, 0.1) is 11.3 Å². The summed E-state index contributed by atoms with van der Waals surface area (Å²) in [4.78, 5) is 3.83. The van der Waals surface area contributed by atoms with Gasteiger partial charge in [0.2, 0.25) is 0 Å². The van der Waals surface area contributed by atoms with Gasteiger partial charge in [0.05, 0.1) is 13.2 Å². The highest BCUT2D eigenvalue weighted by atomic mass is 31.2. The van der Waals surface area contributed by atoms with Crippen molar-refractivity contribution in [3.8, 4) is 6.07 Å². The third-order valence-electron chi connectivity index (χ3n) is 1.79. The van der Waals surface area contributed by atoms with Gasteiger partial charge in [0.15, 0.2) is 5.69 Å². The SMILES string of the molecule is CCOP(=O)(OCC)c1cccnc1C#N. The molecule has 0 atom stereocenters. The Bertz CT molecular complexity index is 432. The van der Waals surface area contributed by atoms with E-state index in [0.717, 1.165) is 0 Å². The second-order valence-electron chi connectivity index (χ2n) is 2.82. The minimum Gasteiger partial charge on any atom is -0.305 e. The lowest BCUT2D eigenvalue weighted by Crippen LogP contribution is -2.15. The number of hydrogen-bond acceptors (Lipinski definition) is 5. The normalized spacial score (nSPS) is 11.1. The van der Waals surface area contributed by atoms with Crippen molar-refractivity contribution in [1.82, 2.24) is 4.98 Å². The zero-order valence-corrected chi connectivity index (χ0v) is 10.1. The van der Waals surface area contributed by atoms with E-state index in [1.165, 1.54) is 12.3 Å². The van der Waals surface area contributed by atoms with Crippen LogP contribution in [0.1, 0.15) is 19.5 Å². The van der Waals surface area contributed by atoms with Crippen LogP contribution in [0.4, 0.5) is 0 Å². The molecule has 0 N–H and O–H groups in total. The van der Waals surface area contributed by atoms with E-state index >= 15 is 0 Å². The number of pyridine rings is 1. The molecule has 0 aliphatic rings. The predicted octanol–water partition coefficient (Wildman–Crippen LogP) is 1.84. The molecule has 0 saturated heterocycles. The molecule has 1 aromatic heterocycles. The lowest BCUT2D eigenvalue weighted by Gasteiger charge is -2.17. The average molecular weight is 240 g/mol. The standard InChI is InChI=1S/C10H13N2O3P/c1-3-14-16(13,15-4-2)10-6-5-7-12-9(10)8-11/h5-7H,3-4H2,1-2H3. The Labute approximate surface area is 94.6 Å². The van der Waals surface area contributed by atoms with Crippen molar-refractivity contribution in [2.24, 2.45) is 0 Å². The summed E-state index contributed by atoms with van der Waals surface area (Å²) in [5.41, 5.74) is 0.0766. The Morgan fingerprint density at radius 3 is 2.56 bits per heavy atom. The smallest absolute Gasteiger partial charge is 0.305 e. The van der Waals surface area contributed by atoms with Crippen molar-refractivity contribution in [1.29, 1.82) is 5.26 Å². The molecule has 1 rings (SSSR count). The molecule has 0 fully saturated rings. The lowest BCUT2D eigenvalue weighted by molar-refractivity contribution is 0.230. The van der Waals surface area contributed by atoms with E-state index in [1.54, 1.807) is 19.9 Å². The lowest BCUT2D eigenvalue weighted by atomic mass is 10.4. The molecule has 0 bridgehead atoms. The van der Waals surface area contributed by atoms with Gasteiger partial charge in [-0.15, -0.1) is 0 Å².